The first kappa shape index (κ1) is 13.0. The molecule has 0 aliphatic carbocycles. The van der Waals surface area contributed by atoms with Gasteiger partial charge in [0.1, 0.15) is 6.54 Å². The lowest BCUT2D eigenvalue weighted by Gasteiger charge is -2.04. The third kappa shape index (κ3) is 2.49. The van der Waals surface area contributed by atoms with E-state index >= 15 is 0 Å². The predicted octanol–water partition coefficient (Wildman–Crippen LogP) is 0.795. The molecule has 0 spiro atoms. The van der Waals surface area contributed by atoms with E-state index in [1.165, 1.54) is 4.68 Å². The summed E-state index contributed by atoms with van der Waals surface area (Å²) in [5.74, 6) is 1.23. The van der Waals surface area contributed by atoms with E-state index < -0.39 is 0 Å². The molecule has 0 aromatic carbocycles. The van der Waals surface area contributed by atoms with Crippen LogP contribution in [-0.2, 0) is 11.3 Å². The Morgan fingerprint density at radius 2 is 2.30 bits per heavy atom. The van der Waals surface area contributed by atoms with Crippen molar-refractivity contribution in [1.82, 2.24) is 19.9 Å². The van der Waals surface area contributed by atoms with Crippen molar-refractivity contribution in [2.75, 3.05) is 13.2 Å². The summed E-state index contributed by atoms with van der Waals surface area (Å²) < 4.78 is 11.8. The van der Waals surface area contributed by atoms with Crippen LogP contribution in [0.2, 0.25) is 0 Å². The van der Waals surface area contributed by atoms with E-state index in [9.17, 15) is 4.79 Å². The van der Waals surface area contributed by atoms with Crippen molar-refractivity contribution >= 4 is 0 Å². The molecule has 1 saturated heterocycles. The average molecular weight is 276 g/mol. The highest BCUT2D eigenvalue weighted by atomic mass is 16.5. The lowest BCUT2D eigenvalue weighted by Crippen LogP contribution is -2.24. The molecule has 3 rings (SSSR count). The van der Waals surface area contributed by atoms with Crippen molar-refractivity contribution in [3.05, 3.63) is 39.4 Å². The Morgan fingerprint density at radius 1 is 1.45 bits per heavy atom. The minimum absolute atomic E-state index is 0.169. The van der Waals surface area contributed by atoms with Crippen LogP contribution in [-0.4, -0.2) is 33.1 Å². The molecule has 0 unspecified atom stereocenters. The molecule has 2 aromatic rings. The Labute approximate surface area is 115 Å². The molecule has 1 aliphatic rings. The van der Waals surface area contributed by atoms with E-state index in [2.05, 4.69) is 15.2 Å². The third-order valence-corrected chi connectivity index (χ3v) is 3.50. The smallest absolute Gasteiger partial charge is 0.267 e. The third-order valence-electron chi connectivity index (χ3n) is 3.50. The highest BCUT2D eigenvalue weighted by molar-refractivity contribution is 5.13. The molecule has 0 radical (unpaired) electrons. The fraction of sp³-hybridized carbons (Fsp3) is 0.538. The first-order valence-electron chi connectivity index (χ1n) is 6.59. The molecular formula is C13H16N4O3. The van der Waals surface area contributed by atoms with Crippen molar-refractivity contribution in [2.45, 2.75) is 32.7 Å². The maximum absolute atomic E-state index is 11.9. The van der Waals surface area contributed by atoms with Crippen LogP contribution in [0.5, 0.6) is 0 Å². The van der Waals surface area contributed by atoms with Gasteiger partial charge in [0.2, 0.25) is 5.89 Å². The largest absolute Gasteiger partial charge is 0.381 e. The fourth-order valence-corrected chi connectivity index (χ4v) is 2.15. The van der Waals surface area contributed by atoms with Gasteiger partial charge < -0.3 is 9.26 Å². The highest BCUT2D eigenvalue weighted by Gasteiger charge is 2.23. The molecule has 1 fully saturated rings. The quantitative estimate of drug-likeness (QED) is 0.824. The molecule has 7 heteroatoms. The maximum atomic E-state index is 11.9. The van der Waals surface area contributed by atoms with E-state index in [-0.39, 0.29) is 18.0 Å². The van der Waals surface area contributed by atoms with Crippen molar-refractivity contribution < 1.29 is 9.26 Å². The molecule has 7 nitrogen and oxygen atoms in total. The fourth-order valence-electron chi connectivity index (χ4n) is 2.15. The summed E-state index contributed by atoms with van der Waals surface area (Å²) in [6.45, 7) is 5.27. The van der Waals surface area contributed by atoms with Crippen LogP contribution in [0.25, 0.3) is 0 Å². The van der Waals surface area contributed by atoms with E-state index in [1.54, 1.807) is 6.07 Å². The van der Waals surface area contributed by atoms with E-state index in [0.717, 1.165) is 24.3 Å². The number of ether oxygens (including phenoxy) is 1. The summed E-state index contributed by atoms with van der Waals surface area (Å²) >= 11 is 0. The molecule has 0 N–H and O–H groups in total. The molecule has 0 saturated carbocycles. The summed E-state index contributed by atoms with van der Waals surface area (Å²) in [6.07, 6.45) is 0.904. The van der Waals surface area contributed by atoms with Crippen molar-refractivity contribution in [1.29, 1.82) is 0 Å². The van der Waals surface area contributed by atoms with Crippen LogP contribution in [0.4, 0.5) is 0 Å². The summed E-state index contributed by atoms with van der Waals surface area (Å²) in [5, 5.41) is 8.18. The van der Waals surface area contributed by atoms with Gasteiger partial charge in [-0.1, -0.05) is 5.16 Å². The Kier molecular flexibility index (Phi) is 3.35. The topological polar surface area (TPSA) is 83.0 Å². The molecule has 3 heterocycles. The average Bonchev–Trinajstić information content (AvgIpc) is 3.06. The molecular weight excluding hydrogens is 260 g/mol. The summed E-state index contributed by atoms with van der Waals surface area (Å²) in [6, 6.07) is 1.56. The van der Waals surface area contributed by atoms with Gasteiger partial charge in [-0.25, -0.2) is 4.68 Å². The van der Waals surface area contributed by atoms with Gasteiger partial charge in [0.25, 0.3) is 5.56 Å². The molecule has 106 valence electrons. The maximum Gasteiger partial charge on any atom is 0.267 e. The van der Waals surface area contributed by atoms with Gasteiger partial charge in [0, 0.05) is 18.6 Å². The molecule has 1 atom stereocenters. The highest BCUT2D eigenvalue weighted by Crippen LogP contribution is 2.22. The monoisotopic (exact) mass is 276 g/mol. The van der Waals surface area contributed by atoms with E-state index in [0.29, 0.717) is 18.3 Å². The standard InChI is InChI=1S/C13H16N4O3/c1-8-5-12(18)17(15-9(8)2)6-11-14-13(16-20-11)10-3-4-19-7-10/h5,10H,3-4,6-7H2,1-2H3/t10-/m1/s1. The zero-order valence-electron chi connectivity index (χ0n) is 11.5. The summed E-state index contributed by atoms with van der Waals surface area (Å²) in [4.78, 5) is 16.2. The van der Waals surface area contributed by atoms with Gasteiger partial charge in [-0.3, -0.25) is 4.79 Å². The molecule has 0 amide bonds. The van der Waals surface area contributed by atoms with Gasteiger partial charge in [0.05, 0.1) is 12.3 Å². The van der Waals surface area contributed by atoms with Gasteiger partial charge in [-0.05, 0) is 25.8 Å². The number of nitrogens with zero attached hydrogens (tertiary/aromatic N) is 4. The van der Waals surface area contributed by atoms with Gasteiger partial charge in [0.15, 0.2) is 5.82 Å². The zero-order chi connectivity index (χ0) is 14.1. The minimum atomic E-state index is -0.169. The van der Waals surface area contributed by atoms with Crippen LogP contribution in [0.1, 0.15) is 35.3 Å². The molecule has 20 heavy (non-hydrogen) atoms. The lowest BCUT2D eigenvalue weighted by atomic mass is 10.1. The minimum Gasteiger partial charge on any atom is -0.381 e. The number of aromatic nitrogens is 4. The number of hydrogen-bond donors (Lipinski definition) is 0. The lowest BCUT2D eigenvalue weighted by molar-refractivity contribution is 0.192. The molecule has 0 bridgehead atoms. The summed E-state index contributed by atoms with van der Waals surface area (Å²) in [5.41, 5.74) is 1.52. The first-order valence-corrected chi connectivity index (χ1v) is 6.59. The second kappa shape index (κ2) is 5.16. The van der Waals surface area contributed by atoms with Crippen LogP contribution < -0.4 is 5.56 Å². The van der Waals surface area contributed by atoms with Crippen LogP contribution in [0, 0.1) is 13.8 Å². The van der Waals surface area contributed by atoms with Gasteiger partial charge in [-0.2, -0.15) is 10.1 Å². The van der Waals surface area contributed by atoms with Crippen molar-refractivity contribution in [2.24, 2.45) is 0 Å². The Bertz CT molecular complexity index is 670. The normalized spacial score (nSPS) is 18.6. The van der Waals surface area contributed by atoms with Crippen LogP contribution in [0.15, 0.2) is 15.4 Å². The number of aryl methyl sites for hydroxylation is 2. The molecule has 2 aromatic heterocycles. The van der Waals surface area contributed by atoms with Crippen LogP contribution >= 0.6 is 0 Å². The van der Waals surface area contributed by atoms with Gasteiger partial charge >= 0.3 is 0 Å². The molecule has 1 aliphatic heterocycles. The second-order valence-electron chi connectivity index (χ2n) is 5.02. The first-order chi connectivity index (χ1) is 9.63. The van der Waals surface area contributed by atoms with Gasteiger partial charge in [-0.15, -0.1) is 0 Å². The Morgan fingerprint density at radius 3 is 3.05 bits per heavy atom. The van der Waals surface area contributed by atoms with Crippen LogP contribution in [0.3, 0.4) is 0 Å². The number of rotatable bonds is 3. The Hall–Kier alpha value is -2.02. The number of hydrogen-bond acceptors (Lipinski definition) is 6. The summed E-state index contributed by atoms with van der Waals surface area (Å²) in [7, 11) is 0. The SMILES string of the molecule is Cc1cc(=O)n(Cc2nc([C@@H]3CCOC3)no2)nc1C. The van der Waals surface area contributed by atoms with Crippen molar-refractivity contribution in [3.8, 4) is 0 Å². The second-order valence-corrected chi connectivity index (χ2v) is 5.02. The zero-order valence-corrected chi connectivity index (χ0v) is 11.5. The predicted molar refractivity (Wildman–Crippen MR) is 69.5 cm³/mol. The van der Waals surface area contributed by atoms with E-state index in [1.807, 2.05) is 13.8 Å². The van der Waals surface area contributed by atoms with E-state index in [4.69, 9.17) is 9.26 Å². The Balaban J connectivity index is 1.81. The van der Waals surface area contributed by atoms with Crippen molar-refractivity contribution in [3.63, 3.8) is 0 Å².